The fraction of sp³-hybridized carbons (Fsp3) is 0.500. The van der Waals surface area contributed by atoms with Crippen LogP contribution in [-0.2, 0) is 17.9 Å². The topological polar surface area (TPSA) is 111 Å². The number of ketones is 1. The van der Waals surface area contributed by atoms with Crippen molar-refractivity contribution in [2.24, 2.45) is 0 Å². The van der Waals surface area contributed by atoms with Crippen LogP contribution in [0.4, 0.5) is 5.82 Å². The zero-order valence-electron chi connectivity index (χ0n) is 19.2. The molecule has 2 saturated heterocycles. The number of aromatic nitrogens is 2. The van der Waals surface area contributed by atoms with E-state index in [-0.39, 0.29) is 36.8 Å². The minimum atomic E-state index is -0.591. The van der Waals surface area contributed by atoms with Gasteiger partial charge in [0, 0.05) is 19.6 Å². The average Bonchev–Trinajstić information content (AvgIpc) is 2.78. The van der Waals surface area contributed by atoms with Crippen LogP contribution in [0.5, 0.6) is 0 Å². The first-order chi connectivity index (χ1) is 16.0. The van der Waals surface area contributed by atoms with Crippen LogP contribution in [0, 0.1) is 0 Å². The number of piperidine rings is 1. The van der Waals surface area contributed by atoms with E-state index in [0.29, 0.717) is 0 Å². The molecular formula is C24H33N5O4. The lowest BCUT2D eigenvalue weighted by Gasteiger charge is -2.26. The van der Waals surface area contributed by atoms with Crippen molar-refractivity contribution in [2.45, 2.75) is 45.7 Å². The number of nitrogen functional groups attached to an aromatic ring is 1. The van der Waals surface area contributed by atoms with Crippen molar-refractivity contribution in [1.82, 2.24) is 18.9 Å². The summed E-state index contributed by atoms with van der Waals surface area (Å²) in [7, 11) is 0. The number of amides is 1. The molecule has 0 atom stereocenters. The number of rotatable bonds is 7. The van der Waals surface area contributed by atoms with Gasteiger partial charge in [-0.2, -0.15) is 0 Å². The van der Waals surface area contributed by atoms with E-state index in [0.717, 1.165) is 62.0 Å². The quantitative estimate of drug-likeness (QED) is 0.496. The van der Waals surface area contributed by atoms with Gasteiger partial charge in [-0.25, -0.2) is 4.79 Å². The van der Waals surface area contributed by atoms with Gasteiger partial charge in [-0.15, -0.1) is 0 Å². The molecule has 178 valence electrons. The maximum Gasteiger partial charge on any atom is 0.332 e. The van der Waals surface area contributed by atoms with Crippen molar-refractivity contribution in [2.75, 3.05) is 38.5 Å². The van der Waals surface area contributed by atoms with E-state index in [4.69, 9.17) is 5.73 Å². The Kier molecular flexibility index (Phi) is 8.59. The monoisotopic (exact) mass is 455 g/mol. The van der Waals surface area contributed by atoms with Crippen molar-refractivity contribution >= 4 is 18.0 Å². The van der Waals surface area contributed by atoms with Crippen molar-refractivity contribution < 1.29 is 9.59 Å². The largest absolute Gasteiger partial charge is 0.384 e. The first-order valence-electron chi connectivity index (χ1n) is 11.6. The molecule has 2 aliphatic heterocycles. The Morgan fingerprint density at radius 2 is 1.64 bits per heavy atom. The molecule has 2 N–H and O–H groups in total. The van der Waals surface area contributed by atoms with E-state index in [9.17, 15) is 19.2 Å². The molecule has 33 heavy (non-hydrogen) atoms. The second-order valence-corrected chi connectivity index (χ2v) is 8.42. The van der Waals surface area contributed by atoms with Crippen LogP contribution in [0.25, 0.3) is 0 Å². The second-order valence-electron chi connectivity index (χ2n) is 8.42. The number of carbonyl (C=O) groups is 2. The number of nitrogens with two attached hydrogens (primary N) is 1. The second kappa shape index (κ2) is 11.6. The predicted molar refractivity (Wildman–Crippen MR) is 127 cm³/mol. The maximum atomic E-state index is 12.9. The highest BCUT2D eigenvalue weighted by molar-refractivity contribution is 6.01. The van der Waals surface area contributed by atoms with Crippen LogP contribution in [0.1, 0.15) is 48.5 Å². The van der Waals surface area contributed by atoms with E-state index in [1.165, 1.54) is 11.0 Å². The van der Waals surface area contributed by atoms with E-state index in [1.54, 1.807) is 11.8 Å². The molecule has 9 heteroatoms. The molecule has 9 nitrogen and oxygen atoms in total. The summed E-state index contributed by atoms with van der Waals surface area (Å²) < 4.78 is 2.41. The molecule has 2 fully saturated rings. The zero-order valence-corrected chi connectivity index (χ0v) is 19.2. The number of anilines is 1. The van der Waals surface area contributed by atoms with Gasteiger partial charge in [0.1, 0.15) is 11.4 Å². The highest BCUT2D eigenvalue weighted by Gasteiger charge is 2.24. The van der Waals surface area contributed by atoms with E-state index < -0.39 is 11.2 Å². The van der Waals surface area contributed by atoms with Gasteiger partial charge in [-0.1, -0.05) is 36.8 Å². The Morgan fingerprint density at radius 1 is 0.970 bits per heavy atom. The fourth-order valence-electron chi connectivity index (χ4n) is 4.02. The number of carbonyl (C=O) groups excluding carboxylic acids is 2. The van der Waals surface area contributed by atoms with Gasteiger partial charge in [0.25, 0.3) is 5.56 Å². The number of likely N-dealkylation sites (tertiary alicyclic amines) is 2. The van der Waals surface area contributed by atoms with Crippen LogP contribution in [-0.4, -0.2) is 63.9 Å². The summed E-state index contributed by atoms with van der Waals surface area (Å²) in [6, 6.07) is 9.38. The Labute approximate surface area is 193 Å². The Hall–Kier alpha value is -3.20. The average molecular weight is 456 g/mol. The summed E-state index contributed by atoms with van der Waals surface area (Å²) in [6.07, 6.45) is 5.35. The molecule has 0 aliphatic carbocycles. The van der Waals surface area contributed by atoms with Crippen molar-refractivity contribution in [3.63, 3.8) is 0 Å². The minimum absolute atomic E-state index is 0.0411. The summed E-state index contributed by atoms with van der Waals surface area (Å²) in [5, 5.41) is 0. The molecule has 1 aromatic carbocycles. The van der Waals surface area contributed by atoms with Crippen LogP contribution in [0.2, 0.25) is 0 Å². The molecule has 1 amide bonds. The van der Waals surface area contributed by atoms with Crippen LogP contribution in [0.3, 0.4) is 0 Å². The normalized spacial score (nSPS) is 15.8. The molecule has 3 heterocycles. The molecule has 1 aromatic heterocycles. The number of nitrogens with zero attached hydrogens (tertiary/aromatic N) is 4. The van der Waals surface area contributed by atoms with E-state index >= 15 is 0 Å². The molecule has 0 bridgehead atoms. The van der Waals surface area contributed by atoms with Crippen LogP contribution < -0.4 is 17.0 Å². The van der Waals surface area contributed by atoms with Crippen molar-refractivity contribution in [1.29, 1.82) is 0 Å². The van der Waals surface area contributed by atoms with Gasteiger partial charge in [0.05, 0.1) is 13.1 Å². The standard InChI is InChI=1S/C20H26N4O3.C4H7NO/c1-2-23-19(26)17(16(25)14-22-11-7-4-8-12-22)18(21)24(20(23)27)13-15-9-5-3-6-10-15;6-4-5-2-1-3-5/h3,5-6,9-10H,2,4,7-8,11-14,21H2,1H3;4H,1-3H2. The lowest BCUT2D eigenvalue weighted by Crippen LogP contribution is -2.45. The first-order valence-corrected chi connectivity index (χ1v) is 11.6. The molecule has 0 saturated carbocycles. The Morgan fingerprint density at radius 3 is 2.15 bits per heavy atom. The van der Waals surface area contributed by atoms with Crippen LogP contribution in [0.15, 0.2) is 39.9 Å². The highest BCUT2D eigenvalue weighted by Crippen LogP contribution is 2.13. The van der Waals surface area contributed by atoms with Gasteiger partial charge in [0.2, 0.25) is 6.41 Å². The van der Waals surface area contributed by atoms with Crippen LogP contribution >= 0.6 is 0 Å². The van der Waals surface area contributed by atoms with Gasteiger partial charge < -0.3 is 10.6 Å². The Bertz CT molecular complexity index is 1070. The molecule has 0 radical (unpaired) electrons. The van der Waals surface area contributed by atoms with E-state index in [1.807, 2.05) is 35.2 Å². The molecule has 0 spiro atoms. The van der Waals surface area contributed by atoms with Gasteiger partial charge in [0.15, 0.2) is 5.78 Å². The Balaban J connectivity index is 0.000000442. The summed E-state index contributed by atoms with van der Waals surface area (Å²) in [5.41, 5.74) is 5.90. The van der Waals surface area contributed by atoms with E-state index in [2.05, 4.69) is 0 Å². The van der Waals surface area contributed by atoms with Gasteiger partial charge in [-0.3, -0.25) is 28.4 Å². The third kappa shape index (κ3) is 5.98. The van der Waals surface area contributed by atoms with Gasteiger partial charge in [-0.05, 0) is 44.8 Å². The van der Waals surface area contributed by atoms with Crippen molar-refractivity contribution in [3.8, 4) is 0 Å². The minimum Gasteiger partial charge on any atom is -0.384 e. The first kappa shape index (κ1) is 24.4. The zero-order chi connectivity index (χ0) is 23.8. The third-order valence-electron chi connectivity index (χ3n) is 6.10. The van der Waals surface area contributed by atoms with Gasteiger partial charge >= 0.3 is 5.69 Å². The number of benzene rings is 1. The lowest BCUT2D eigenvalue weighted by atomic mass is 10.1. The molecule has 4 rings (SSSR count). The summed E-state index contributed by atoms with van der Waals surface area (Å²) in [4.78, 5) is 51.9. The number of hydrogen-bond acceptors (Lipinski definition) is 6. The lowest BCUT2D eigenvalue weighted by molar-refractivity contribution is -0.121. The third-order valence-corrected chi connectivity index (χ3v) is 6.10. The molecule has 0 unspecified atom stereocenters. The molecule has 2 aliphatic rings. The summed E-state index contributed by atoms with van der Waals surface area (Å²) in [5.74, 6) is -0.357. The smallest absolute Gasteiger partial charge is 0.332 e. The fourth-order valence-corrected chi connectivity index (χ4v) is 4.02. The summed E-state index contributed by atoms with van der Waals surface area (Å²) in [6.45, 7) is 5.92. The SMILES string of the molecule is CCn1c(=O)c(C(=O)CN2CCCCC2)c(N)n(Cc2ccccc2)c1=O.O=CN1CCC1. The highest BCUT2D eigenvalue weighted by atomic mass is 16.2. The number of Topliss-reactive ketones (excluding diaryl/α,β-unsaturated/α-hetero) is 1. The maximum absolute atomic E-state index is 12.9. The van der Waals surface area contributed by atoms with Crippen molar-refractivity contribution in [3.05, 3.63) is 62.3 Å². The summed E-state index contributed by atoms with van der Waals surface area (Å²) >= 11 is 0. The number of hydrogen-bond donors (Lipinski definition) is 1. The molecular weight excluding hydrogens is 422 g/mol. The molecule has 2 aromatic rings. The predicted octanol–water partition coefficient (Wildman–Crippen LogP) is 1.18.